The molecule has 5 heteroatoms. The molecule has 2 aromatic rings. The van der Waals surface area contributed by atoms with Gasteiger partial charge in [-0.15, -0.1) is 0 Å². The van der Waals surface area contributed by atoms with E-state index in [1.807, 2.05) is 55.5 Å². The lowest BCUT2D eigenvalue weighted by molar-refractivity contribution is -0.908. The summed E-state index contributed by atoms with van der Waals surface area (Å²) >= 11 is 0. The summed E-state index contributed by atoms with van der Waals surface area (Å²) in [4.78, 5) is 13.7. The maximum absolute atomic E-state index is 12.6. The second-order valence-corrected chi connectivity index (χ2v) is 7.99. The Morgan fingerprint density at radius 3 is 2.52 bits per heavy atom. The zero-order valence-corrected chi connectivity index (χ0v) is 17.7. The van der Waals surface area contributed by atoms with Gasteiger partial charge in [-0.2, -0.15) is 0 Å². The summed E-state index contributed by atoms with van der Waals surface area (Å²) in [5.74, 6) is 1.59. The SMILES string of the molecule is COc1cc(C[NH+](C)[C@@H](C)C(=O)NC2CCCC2)ccc1OCc1ccccc1. The molecule has 5 nitrogen and oxygen atoms in total. The van der Waals surface area contributed by atoms with Gasteiger partial charge in [0.1, 0.15) is 13.2 Å². The van der Waals surface area contributed by atoms with E-state index in [2.05, 4.69) is 12.4 Å². The third kappa shape index (κ3) is 5.97. The highest BCUT2D eigenvalue weighted by Crippen LogP contribution is 2.28. The lowest BCUT2D eigenvalue weighted by Crippen LogP contribution is -3.12. The molecule has 1 amide bonds. The molecule has 2 aromatic carbocycles. The van der Waals surface area contributed by atoms with Gasteiger partial charge in [0.25, 0.3) is 5.91 Å². The predicted molar refractivity (Wildman–Crippen MR) is 114 cm³/mol. The molecule has 0 saturated heterocycles. The number of rotatable bonds is 9. The van der Waals surface area contributed by atoms with E-state index in [-0.39, 0.29) is 11.9 Å². The number of likely N-dealkylation sites (N-methyl/N-ethyl adjacent to an activating group) is 1. The second kappa shape index (κ2) is 10.3. The van der Waals surface area contributed by atoms with Crippen molar-refractivity contribution in [2.24, 2.45) is 0 Å². The number of methoxy groups -OCH3 is 1. The van der Waals surface area contributed by atoms with Crippen LogP contribution in [-0.2, 0) is 17.9 Å². The highest BCUT2D eigenvalue weighted by Gasteiger charge is 2.26. The number of carbonyl (C=O) groups is 1. The van der Waals surface area contributed by atoms with E-state index < -0.39 is 0 Å². The summed E-state index contributed by atoms with van der Waals surface area (Å²) in [5.41, 5.74) is 2.23. The molecule has 1 fully saturated rings. The topological polar surface area (TPSA) is 52.0 Å². The van der Waals surface area contributed by atoms with Gasteiger partial charge in [-0.1, -0.05) is 43.2 Å². The monoisotopic (exact) mass is 397 g/mol. The van der Waals surface area contributed by atoms with Crippen LogP contribution in [0.25, 0.3) is 0 Å². The second-order valence-electron chi connectivity index (χ2n) is 7.99. The Morgan fingerprint density at radius 1 is 1.10 bits per heavy atom. The summed E-state index contributed by atoms with van der Waals surface area (Å²) in [6.07, 6.45) is 4.67. The largest absolute Gasteiger partial charge is 0.493 e. The molecule has 1 saturated carbocycles. The van der Waals surface area contributed by atoms with Crippen molar-refractivity contribution in [1.29, 1.82) is 0 Å². The Hall–Kier alpha value is -2.53. The van der Waals surface area contributed by atoms with Crippen molar-refractivity contribution in [2.75, 3.05) is 14.2 Å². The number of carbonyl (C=O) groups excluding carboxylic acids is 1. The molecule has 29 heavy (non-hydrogen) atoms. The van der Waals surface area contributed by atoms with Crippen LogP contribution in [0.4, 0.5) is 0 Å². The molecule has 1 unspecified atom stereocenters. The molecule has 1 aliphatic carbocycles. The normalized spacial score (nSPS) is 16.2. The lowest BCUT2D eigenvalue weighted by atomic mass is 10.1. The first-order valence-electron chi connectivity index (χ1n) is 10.5. The van der Waals surface area contributed by atoms with Crippen LogP contribution in [0.15, 0.2) is 48.5 Å². The molecule has 2 N–H and O–H groups in total. The number of hydrogen-bond donors (Lipinski definition) is 2. The molecular weight excluding hydrogens is 364 g/mol. The van der Waals surface area contributed by atoms with Crippen LogP contribution in [0.1, 0.15) is 43.7 Å². The molecule has 0 radical (unpaired) electrons. The van der Waals surface area contributed by atoms with Gasteiger partial charge in [-0.25, -0.2) is 0 Å². The molecule has 0 heterocycles. The van der Waals surface area contributed by atoms with E-state index in [4.69, 9.17) is 9.47 Å². The van der Waals surface area contributed by atoms with Crippen LogP contribution in [0.3, 0.4) is 0 Å². The maximum atomic E-state index is 12.6. The maximum Gasteiger partial charge on any atom is 0.278 e. The number of amides is 1. The fraction of sp³-hybridized carbons (Fsp3) is 0.458. The van der Waals surface area contributed by atoms with Crippen molar-refractivity contribution in [3.63, 3.8) is 0 Å². The van der Waals surface area contributed by atoms with Crippen LogP contribution in [0.2, 0.25) is 0 Å². The van der Waals surface area contributed by atoms with Crippen molar-refractivity contribution in [2.45, 2.75) is 57.8 Å². The van der Waals surface area contributed by atoms with Crippen molar-refractivity contribution < 1.29 is 19.2 Å². The smallest absolute Gasteiger partial charge is 0.278 e. The summed E-state index contributed by atoms with van der Waals surface area (Å²) in [5, 5.41) is 3.20. The van der Waals surface area contributed by atoms with Gasteiger partial charge in [0.05, 0.1) is 14.2 Å². The molecule has 156 valence electrons. The van der Waals surface area contributed by atoms with Crippen LogP contribution >= 0.6 is 0 Å². The van der Waals surface area contributed by atoms with Gasteiger partial charge >= 0.3 is 0 Å². The minimum atomic E-state index is -0.101. The average molecular weight is 398 g/mol. The van der Waals surface area contributed by atoms with E-state index in [0.717, 1.165) is 41.2 Å². The Morgan fingerprint density at radius 2 is 1.83 bits per heavy atom. The van der Waals surface area contributed by atoms with Crippen LogP contribution < -0.4 is 19.7 Å². The minimum Gasteiger partial charge on any atom is -0.493 e. The number of ether oxygens (including phenoxy) is 2. The summed E-state index contributed by atoms with van der Waals surface area (Å²) in [6, 6.07) is 16.3. The molecule has 0 aromatic heterocycles. The van der Waals surface area contributed by atoms with Gasteiger partial charge in [0.2, 0.25) is 0 Å². The number of nitrogens with one attached hydrogen (secondary N) is 2. The highest BCUT2D eigenvalue weighted by atomic mass is 16.5. The van der Waals surface area contributed by atoms with Crippen molar-refractivity contribution >= 4 is 5.91 Å². The predicted octanol–water partition coefficient (Wildman–Crippen LogP) is 2.74. The molecule has 1 aliphatic rings. The van der Waals surface area contributed by atoms with E-state index in [1.165, 1.54) is 12.8 Å². The van der Waals surface area contributed by atoms with E-state index in [9.17, 15) is 4.79 Å². The van der Waals surface area contributed by atoms with Gasteiger partial charge in [-0.05, 0) is 43.5 Å². The van der Waals surface area contributed by atoms with Gasteiger partial charge in [0, 0.05) is 11.6 Å². The van der Waals surface area contributed by atoms with E-state index in [1.54, 1.807) is 7.11 Å². The zero-order valence-electron chi connectivity index (χ0n) is 17.7. The number of benzene rings is 2. The Balaban J connectivity index is 1.57. The Labute approximate surface area is 174 Å². The van der Waals surface area contributed by atoms with Crippen LogP contribution in [0.5, 0.6) is 11.5 Å². The zero-order chi connectivity index (χ0) is 20.6. The molecule has 2 atom stereocenters. The molecule has 0 aliphatic heterocycles. The average Bonchev–Trinajstić information content (AvgIpc) is 3.25. The van der Waals surface area contributed by atoms with Gasteiger partial charge in [-0.3, -0.25) is 4.79 Å². The summed E-state index contributed by atoms with van der Waals surface area (Å²) in [6.45, 7) is 3.24. The number of hydrogen-bond acceptors (Lipinski definition) is 3. The Bertz CT molecular complexity index is 788. The molecular formula is C24H33N2O3+. The quantitative estimate of drug-likeness (QED) is 0.684. The minimum absolute atomic E-state index is 0.101. The molecule has 3 rings (SSSR count). The van der Waals surface area contributed by atoms with Gasteiger partial charge < -0.3 is 19.7 Å². The standard InChI is InChI=1S/C24H32N2O3/c1-18(24(27)25-21-11-7-8-12-21)26(2)16-20-13-14-22(23(15-20)28-3)29-17-19-9-5-4-6-10-19/h4-6,9-10,13-15,18,21H,7-8,11-12,16-17H2,1-3H3,(H,25,27)/p+1/t18-/m0/s1. The lowest BCUT2D eigenvalue weighted by Gasteiger charge is -2.23. The number of quaternary nitrogens is 1. The third-order valence-corrected chi connectivity index (χ3v) is 5.78. The first kappa shape index (κ1) is 21.2. The summed E-state index contributed by atoms with van der Waals surface area (Å²) < 4.78 is 11.5. The van der Waals surface area contributed by atoms with Crippen LogP contribution in [0, 0.1) is 0 Å². The third-order valence-electron chi connectivity index (χ3n) is 5.78. The van der Waals surface area contributed by atoms with E-state index in [0.29, 0.717) is 18.4 Å². The Kier molecular flexibility index (Phi) is 7.53. The van der Waals surface area contributed by atoms with Crippen LogP contribution in [-0.4, -0.2) is 32.1 Å². The fourth-order valence-corrected chi connectivity index (χ4v) is 3.77. The van der Waals surface area contributed by atoms with Crippen molar-refractivity contribution in [3.8, 4) is 11.5 Å². The molecule has 0 spiro atoms. The van der Waals surface area contributed by atoms with Crippen molar-refractivity contribution in [1.82, 2.24) is 5.32 Å². The van der Waals surface area contributed by atoms with Crippen molar-refractivity contribution in [3.05, 3.63) is 59.7 Å². The van der Waals surface area contributed by atoms with E-state index >= 15 is 0 Å². The highest BCUT2D eigenvalue weighted by molar-refractivity contribution is 5.80. The first-order valence-corrected chi connectivity index (χ1v) is 10.5. The summed E-state index contributed by atoms with van der Waals surface area (Å²) in [7, 11) is 3.72. The van der Waals surface area contributed by atoms with Gasteiger partial charge in [0.15, 0.2) is 17.5 Å². The fourth-order valence-electron chi connectivity index (χ4n) is 3.77. The first-order chi connectivity index (χ1) is 14.1. The molecule has 0 bridgehead atoms.